The highest BCUT2D eigenvalue weighted by atomic mass is 35.5. The molecule has 0 atom stereocenters. The fourth-order valence-corrected chi connectivity index (χ4v) is 4.89. The summed E-state index contributed by atoms with van der Waals surface area (Å²) in [5.74, 6) is -1.93. The molecule has 202 valence electrons. The molecule has 0 saturated heterocycles. The highest BCUT2D eigenvalue weighted by Gasteiger charge is 2.38. The second-order valence-corrected chi connectivity index (χ2v) is 9.71. The third-order valence-electron chi connectivity index (χ3n) is 5.54. The summed E-state index contributed by atoms with van der Waals surface area (Å²) in [7, 11) is 2.02. The molecule has 0 aliphatic heterocycles. The van der Waals surface area contributed by atoms with Gasteiger partial charge in [-0.05, 0) is 41.5 Å². The third kappa shape index (κ3) is 6.79. The van der Waals surface area contributed by atoms with E-state index in [-0.39, 0.29) is 0 Å². The maximum atomic E-state index is 10.6. The van der Waals surface area contributed by atoms with E-state index in [9.17, 15) is 13.2 Å². The Balaban J connectivity index is 0.000000448. The van der Waals surface area contributed by atoms with Crippen LogP contribution in [0.3, 0.4) is 0 Å². The first-order valence-corrected chi connectivity index (χ1v) is 12.7. The van der Waals surface area contributed by atoms with Gasteiger partial charge in [-0.15, -0.1) is 0 Å². The van der Waals surface area contributed by atoms with E-state index >= 15 is 0 Å². The van der Waals surface area contributed by atoms with Crippen molar-refractivity contribution in [1.82, 2.24) is 29.9 Å². The Bertz CT molecular complexity index is 1540. The smallest absolute Gasteiger partial charge is 0.475 e. The van der Waals surface area contributed by atoms with Crippen LogP contribution in [-0.4, -0.2) is 54.2 Å². The van der Waals surface area contributed by atoms with E-state index in [1.54, 1.807) is 24.8 Å². The first-order chi connectivity index (χ1) is 18.6. The monoisotopic (exact) mass is 575 g/mol. The van der Waals surface area contributed by atoms with Crippen LogP contribution in [0.5, 0.6) is 0 Å². The van der Waals surface area contributed by atoms with Gasteiger partial charge in [0.25, 0.3) is 0 Å². The van der Waals surface area contributed by atoms with Crippen molar-refractivity contribution in [3.8, 4) is 0 Å². The number of hydrogen-bond donors (Lipinski definition) is 1. The number of halogens is 4. The summed E-state index contributed by atoms with van der Waals surface area (Å²) in [5.41, 5.74) is 5.55. The van der Waals surface area contributed by atoms with Crippen molar-refractivity contribution in [3.63, 3.8) is 0 Å². The highest BCUT2D eigenvalue weighted by Crippen LogP contribution is 2.42. The van der Waals surface area contributed by atoms with Crippen molar-refractivity contribution >= 4 is 51.3 Å². The number of hydrogen-bond acceptors (Lipinski definition) is 9. The normalized spacial score (nSPS) is 12.7. The molecule has 0 unspecified atom stereocenters. The van der Waals surface area contributed by atoms with Crippen LogP contribution in [0, 0.1) is 0 Å². The summed E-state index contributed by atoms with van der Waals surface area (Å²) in [6, 6.07) is 5.95. The van der Waals surface area contributed by atoms with Gasteiger partial charge in [0.15, 0.2) is 10.8 Å². The molecule has 0 bridgehead atoms. The van der Waals surface area contributed by atoms with Crippen molar-refractivity contribution in [2.24, 2.45) is 0 Å². The van der Waals surface area contributed by atoms with Crippen LogP contribution in [0.4, 0.5) is 19.0 Å². The Hall–Kier alpha value is -3.84. The van der Waals surface area contributed by atoms with Crippen LogP contribution in [-0.2, 0) is 17.8 Å². The van der Waals surface area contributed by atoms with Gasteiger partial charge in [0.2, 0.25) is 0 Å². The molecule has 39 heavy (non-hydrogen) atoms. The van der Waals surface area contributed by atoms with Crippen molar-refractivity contribution in [3.05, 3.63) is 71.6 Å². The van der Waals surface area contributed by atoms with Crippen LogP contribution >= 0.6 is 23.4 Å². The van der Waals surface area contributed by atoms with Crippen molar-refractivity contribution in [2.75, 3.05) is 11.9 Å². The predicted octanol–water partition coefficient (Wildman–Crippen LogP) is 5.55. The van der Waals surface area contributed by atoms with E-state index in [0.717, 1.165) is 50.9 Å². The van der Waals surface area contributed by atoms with Gasteiger partial charge >= 0.3 is 12.1 Å². The van der Waals surface area contributed by atoms with Gasteiger partial charge in [-0.25, -0.2) is 24.7 Å². The van der Waals surface area contributed by atoms with Gasteiger partial charge in [-0.2, -0.15) is 13.2 Å². The first kappa shape index (κ1) is 28.2. The van der Waals surface area contributed by atoms with Gasteiger partial charge < -0.3 is 10.0 Å². The summed E-state index contributed by atoms with van der Waals surface area (Å²) in [6.45, 7) is 2.79. The summed E-state index contributed by atoms with van der Waals surface area (Å²) in [4.78, 5) is 38.9. The fourth-order valence-electron chi connectivity index (χ4n) is 3.72. The number of fused-ring (bicyclic) bond motifs is 2. The maximum Gasteiger partial charge on any atom is 0.490 e. The van der Waals surface area contributed by atoms with E-state index in [2.05, 4.69) is 37.8 Å². The van der Waals surface area contributed by atoms with Gasteiger partial charge in [0.05, 0.1) is 16.3 Å². The number of anilines is 1. The number of aromatic nitrogens is 6. The van der Waals surface area contributed by atoms with E-state index in [1.165, 1.54) is 17.3 Å². The Morgan fingerprint density at radius 3 is 2.56 bits per heavy atom. The van der Waals surface area contributed by atoms with Gasteiger partial charge in [-0.1, -0.05) is 24.6 Å². The van der Waals surface area contributed by atoms with Gasteiger partial charge in [0.1, 0.15) is 11.3 Å². The minimum Gasteiger partial charge on any atom is -0.475 e. The Morgan fingerprint density at radius 2 is 1.90 bits per heavy atom. The lowest BCUT2D eigenvalue weighted by molar-refractivity contribution is -0.192. The minimum atomic E-state index is -5.08. The zero-order chi connectivity index (χ0) is 28.2. The van der Waals surface area contributed by atoms with Crippen molar-refractivity contribution < 1.29 is 23.1 Å². The zero-order valence-electron chi connectivity index (χ0n) is 20.6. The molecule has 9 nitrogen and oxygen atoms in total. The maximum absolute atomic E-state index is 10.6. The molecular weight excluding hydrogens is 555 g/mol. The molecule has 0 amide bonds. The van der Waals surface area contributed by atoms with Crippen LogP contribution < -0.4 is 4.90 Å². The topological polar surface area (TPSA) is 118 Å². The quantitative estimate of drug-likeness (QED) is 0.293. The summed E-state index contributed by atoms with van der Waals surface area (Å²) in [6.07, 6.45) is 5.26. The number of carbonyl (C=O) groups is 1. The average molecular weight is 576 g/mol. The lowest BCUT2D eigenvalue weighted by Crippen LogP contribution is -2.21. The number of nitrogens with zero attached hydrogens (tertiary/aromatic N) is 7. The molecule has 1 aliphatic rings. The summed E-state index contributed by atoms with van der Waals surface area (Å²) >= 11 is 8.23. The van der Waals surface area contributed by atoms with Gasteiger partial charge in [-0.3, -0.25) is 9.97 Å². The molecule has 4 aromatic rings. The van der Waals surface area contributed by atoms with Gasteiger partial charge in [0, 0.05) is 55.9 Å². The molecule has 14 heteroatoms. The molecule has 0 spiro atoms. The molecule has 0 saturated carbocycles. The third-order valence-corrected chi connectivity index (χ3v) is 6.82. The lowest BCUT2D eigenvalue weighted by atomic mass is 10.2. The minimum absolute atomic E-state index is 0.618. The first-order valence-electron chi connectivity index (χ1n) is 11.5. The number of allylic oxidation sites excluding steroid dienone is 1. The molecule has 0 fully saturated rings. The largest absolute Gasteiger partial charge is 0.490 e. The number of carboxylic acids is 1. The molecule has 4 aromatic heterocycles. The molecule has 0 radical (unpaired) electrons. The number of carboxylic acid groups (broad SMARTS) is 1. The molecule has 0 aromatic carbocycles. The van der Waals surface area contributed by atoms with E-state index in [4.69, 9.17) is 31.5 Å². The van der Waals surface area contributed by atoms with E-state index in [0.29, 0.717) is 17.3 Å². The average Bonchev–Trinajstić information content (AvgIpc) is 3.23. The van der Waals surface area contributed by atoms with Crippen LogP contribution in [0.15, 0.2) is 64.8 Å². The van der Waals surface area contributed by atoms with E-state index in [1.807, 2.05) is 25.4 Å². The fraction of sp³-hybridized carbons (Fsp3) is 0.240. The van der Waals surface area contributed by atoms with Crippen LogP contribution in [0.1, 0.15) is 30.2 Å². The van der Waals surface area contributed by atoms with Crippen molar-refractivity contribution in [2.45, 2.75) is 42.5 Å². The van der Waals surface area contributed by atoms with Crippen molar-refractivity contribution in [1.29, 1.82) is 0 Å². The molecule has 1 N–H and O–H groups in total. The zero-order valence-corrected chi connectivity index (χ0v) is 22.2. The second-order valence-electron chi connectivity index (χ2n) is 8.29. The highest BCUT2D eigenvalue weighted by molar-refractivity contribution is 7.99. The Kier molecular flexibility index (Phi) is 8.60. The number of rotatable bonds is 6. The summed E-state index contributed by atoms with van der Waals surface area (Å²) < 4.78 is 31.7. The SMILES string of the molecule is CCC1=C(Cl)c2c(nc(Sc3cnc4nccnc4c3)nc2N(C)Cc2cccnc2)C1.O=C(O)C(F)(F)F. The Morgan fingerprint density at radius 1 is 1.15 bits per heavy atom. The molecule has 5 rings (SSSR count). The van der Waals surface area contributed by atoms with E-state index < -0.39 is 12.1 Å². The summed E-state index contributed by atoms with van der Waals surface area (Å²) in [5, 5.41) is 8.55. The molecule has 4 heterocycles. The Labute approximate surface area is 230 Å². The standard InChI is InChI=1S/C23H20ClN7S.C2HF3O2/c1-3-15-9-17-19(20(15)24)22(31(2)13-14-5-4-6-25-11-14)30-23(29-17)32-16-10-18-21(28-12-16)27-8-7-26-18;3-2(4,5)1(6)7/h4-8,10-12H,3,9,13H2,1-2H3;(H,6,7). The molecular formula is C25H21ClF3N7O2S. The van der Waals surface area contributed by atoms with Crippen LogP contribution in [0.2, 0.25) is 0 Å². The number of alkyl halides is 3. The van der Waals surface area contributed by atoms with Crippen LogP contribution in [0.25, 0.3) is 16.2 Å². The second kappa shape index (κ2) is 11.9. The molecule has 1 aliphatic carbocycles. The predicted molar refractivity (Wildman–Crippen MR) is 140 cm³/mol. The lowest BCUT2D eigenvalue weighted by Gasteiger charge is -2.22. The number of aliphatic carboxylic acids is 1. The number of pyridine rings is 2.